The number of aromatic nitrogens is 2. The van der Waals surface area contributed by atoms with E-state index < -0.39 is 0 Å². The maximum absolute atomic E-state index is 4.53. The van der Waals surface area contributed by atoms with E-state index in [0.717, 1.165) is 40.8 Å². The monoisotopic (exact) mass is 334 g/mol. The van der Waals surface area contributed by atoms with Crippen molar-refractivity contribution in [2.75, 3.05) is 31.6 Å². The number of halogens is 1. The summed E-state index contributed by atoms with van der Waals surface area (Å²) in [4.78, 5) is 11.2. The lowest BCUT2D eigenvalue weighted by Gasteiger charge is -2.29. The molecule has 0 spiro atoms. The van der Waals surface area contributed by atoms with Crippen LogP contribution in [0.4, 0.5) is 5.69 Å². The van der Waals surface area contributed by atoms with Gasteiger partial charge in [0.15, 0.2) is 0 Å². The number of rotatable bonds is 3. The Hall–Kier alpha value is -1.20. The van der Waals surface area contributed by atoms with Gasteiger partial charge in [-0.3, -0.25) is 9.97 Å². The number of fused-ring (bicyclic) bond motifs is 1. The molecule has 1 fully saturated rings. The molecular formula is C15H19BrN4. The SMILES string of the molecule is CN(CC1CCCNC1)c1ccnc2cc(Br)cnc12. The van der Waals surface area contributed by atoms with E-state index >= 15 is 0 Å². The quantitative estimate of drug-likeness (QED) is 0.937. The maximum atomic E-state index is 4.53. The molecule has 1 atom stereocenters. The molecule has 3 heterocycles. The van der Waals surface area contributed by atoms with Crippen molar-refractivity contribution in [2.45, 2.75) is 12.8 Å². The lowest BCUT2D eigenvalue weighted by atomic mass is 9.99. The van der Waals surface area contributed by atoms with E-state index in [4.69, 9.17) is 0 Å². The van der Waals surface area contributed by atoms with Gasteiger partial charge in [0.25, 0.3) is 0 Å². The molecule has 2 aromatic rings. The predicted molar refractivity (Wildman–Crippen MR) is 86.1 cm³/mol. The molecule has 0 saturated carbocycles. The van der Waals surface area contributed by atoms with E-state index in [9.17, 15) is 0 Å². The highest BCUT2D eigenvalue weighted by Crippen LogP contribution is 2.25. The summed E-state index contributed by atoms with van der Waals surface area (Å²) in [5.41, 5.74) is 3.07. The molecule has 3 rings (SSSR count). The van der Waals surface area contributed by atoms with Gasteiger partial charge in [0, 0.05) is 30.5 Å². The summed E-state index contributed by atoms with van der Waals surface area (Å²) in [5, 5.41) is 3.48. The number of nitrogens with zero attached hydrogens (tertiary/aromatic N) is 3. The van der Waals surface area contributed by atoms with Crippen LogP contribution in [0.15, 0.2) is 29.0 Å². The molecule has 0 bridgehead atoms. The van der Waals surface area contributed by atoms with E-state index in [-0.39, 0.29) is 0 Å². The summed E-state index contributed by atoms with van der Waals surface area (Å²) < 4.78 is 0.966. The highest BCUT2D eigenvalue weighted by atomic mass is 79.9. The summed E-state index contributed by atoms with van der Waals surface area (Å²) in [6, 6.07) is 4.07. The highest BCUT2D eigenvalue weighted by Gasteiger charge is 2.17. The Bertz CT molecular complexity index is 595. The number of hydrogen-bond donors (Lipinski definition) is 1. The average molecular weight is 335 g/mol. The van der Waals surface area contributed by atoms with Gasteiger partial charge in [-0.05, 0) is 59.9 Å². The molecular weight excluding hydrogens is 316 g/mol. The van der Waals surface area contributed by atoms with Crippen LogP contribution in [-0.4, -0.2) is 36.6 Å². The summed E-state index contributed by atoms with van der Waals surface area (Å²) in [6.45, 7) is 3.34. The molecule has 20 heavy (non-hydrogen) atoms. The Morgan fingerprint density at radius 2 is 2.35 bits per heavy atom. The molecule has 0 radical (unpaired) electrons. The normalized spacial score (nSPS) is 19.2. The molecule has 0 aromatic carbocycles. The van der Waals surface area contributed by atoms with Crippen molar-refractivity contribution in [1.29, 1.82) is 0 Å². The Balaban J connectivity index is 1.85. The minimum absolute atomic E-state index is 0.715. The van der Waals surface area contributed by atoms with Crippen molar-refractivity contribution in [3.63, 3.8) is 0 Å². The van der Waals surface area contributed by atoms with Crippen LogP contribution < -0.4 is 10.2 Å². The van der Waals surface area contributed by atoms with Gasteiger partial charge in [0.1, 0.15) is 5.52 Å². The first kappa shape index (κ1) is 13.8. The molecule has 0 aliphatic carbocycles. The van der Waals surface area contributed by atoms with Gasteiger partial charge in [-0.15, -0.1) is 0 Å². The standard InChI is InChI=1S/C15H19BrN4/c1-20(10-11-3-2-5-17-8-11)14-4-6-18-13-7-12(16)9-19-15(13)14/h4,6-7,9,11,17H,2-3,5,8,10H2,1H3. The number of piperidine rings is 1. The van der Waals surface area contributed by atoms with Crippen LogP contribution in [0.5, 0.6) is 0 Å². The van der Waals surface area contributed by atoms with Gasteiger partial charge < -0.3 is 10.2 Å². The van der Waals surface area contributed by atoms with Gasteiger partial charge >= 0.3 is 0 Å². The van der Waals surface area contributed by atoms with Crippen LogP contribution in [0.3, 0.4) is 0 Å². The van der Waals surface area contributed by atoms with E-state index in [0.29, 0.717) is 5.92 Å². The van der Waals surface area contributed by atoms with Gasteiger partial charge in [-0.25, -0.2) is 0 Å². The van der Waals surface area contributed by atoms with Crippen molar-refractivity contribution >= 4 is 32.7 Å². The lowest BCUT2D eigenvalue weighted by molar-refractivity contribution is 0.381. The number of pyridine rings is 2. The zero-order chi connectivity index (χ0) is 13.9. The maximum Gasteiger partial charge on any atom is 0.112 e. The first-order valence-corrected chi connectivity index (χ1v) is 7.85. The molecule has 106 valence electrons. The molecule has 5 heteroatoms. The molecule has 1 saturated heterocycles. The fourth-order valence-electron chi connectivity index (χ4n) is 2.86. The topological polar surface area (TPSA) is 41.0 Å². The van der Waals surface area contributed by atoms with E-state index in [1.165, 1.54) is 12.8 Å². The molecule has 1 N–H and O–H groups in total. The van der Waals surface area contributed by atoms with E-state index in [2.05, 4.69) is 49.2 Å². The molecule has 0 amide bonds. The van der Waals surface area contributed by atoms with Gasteiger partial charge in [-0.1, -0.05) is 0 Å². The fourth-order valence-corrected chi connectivity index (χ4v) is 3.18. The third kappa shape index (κ3) is 2.94. The largest absolute Gasteiger partial charge is 0.372 e. The van der Waals surface area contributed by atoms with Crippen molar-refractivity contribution in [1.82, 2.24) is 15.3 Å². The first-order chi connectivity index (χ1) is 9.74. The highest BCUT2D eigenvalue weighted by molar-refractivity contribution is 9.10. The summed E-state index contributed by atoms with van der Waals surface area (Å²) >= 11 is 3.45. The minimum atomic E-state index is 0.715. The zero-order valence-corrected chi connectivity index (χ0v) is 13.2. The molecule has 1 unspecified atom stereocenters. The first-order valence-electron chi connectivity index (χ1n) is 7.06. The number of nitrogens with one attached hydrogen (secondary N) is 1. The smallest absolute Gasteiger partial charge is 0.112 e. The lowest BCUT2D eigenvalue weighted by Crippen LogP contribution is -2.37. The van der Waals surface area contributed by atoms with Crippen LogP contribution in [0.1, 0.15) is 12.8 Å². The molecule has 1 aliphatic heterocycles. The third-order valence-corrected chi connectivity index (χ3v) is 4.30. The predicted octanol–water partition coefficient (Wildman–Crippen LogP) is 2.83. The Morgan fingerprint density at radius 3 is 3.15 bits per heavy atom. The van der Waals surface area contributed by atoms with E-state index in [1.807, 2.05) is 18.5 Å². The molecule has 4 nitrogen and oxygen atoms in total. The van der Waals surface area contributed by atoms with Crippen LogP contribution in [-0.2, 0) is 0 Å². The van der Waals surface area contributed by atoms with Gasteiger partial charge in [0.2, 0.25) is 0 Å². The second kappa shape index (κ2) is 6.06. The Morgan fingerprint density at radius 1 is 1.45 bits per heavy atom. The second-order valence-corrected chi connectivity index (χ2v) is 6.36. The molecule has 2 aromatic heterocycles. The molecule has 1 aliphatic rings. The Kier molecular flexibility index (Phi) is 4.17. The van der Waals surface area contributed by atoms with Crippen LogP contribution >= 0.6 is 15.9 Å². The zero-order valence-electron chi connectivity index (χ0n) is 11.6. The number of anilines is 1. The van der Waals surface area contributed by atoms with Crippen molar-refractivity contribution in [2.24, 2.45) is 5.92 Å². The van der Waals surface area contributed by atoms with Crippen LogP contribution in [0, 0.1) is 5.92 Å². The van der Waals surface area contributed by atoms with Crippen molar-refractivity contribution < 1.29 is 0 Å². The minimum Gasteiger partial charge on any atom is -0.372 e. The summed E-state index contributed by atoms with van der Waals surface area (Å²) in [5.74, 6) is 0.715. The number of hydrogen-bond acceptors (Lipinski definition) is 4. The van der Waals surface area contributed by atoms with Gasteiger partial charge in [0.05, 0.1) is 11.2 Å². The second-order valence-electron chi connectivity index (χ2n) is 5.44. The van der Waals surface area contributed by atoms with E-state index in [1.54, 1.807) is 0 Å². The Labute approximate surface area is 127 Å². The third-order valence-electron chi connectivity index (χ3n) is 3.87. The van der Waals surface area contributed by atoms with Gasteiger partial charge in [-0.2, -0.15) is 0 Å². The van der Waals surface area contributed by atoms with Crippen molar-refractivity contribution in [3.8, 4) is 0 Å². The van der Waals surface area contributed by atoms with Crippen LogP contribution in [0.25, 0.3) is 11.0 Å². The fraction of sp³-hybridized carbons (Fsp3) is 0.467. The average Bonchev–Trinajstić information content (AvgIpc) is 2.47. The summed E-state index contributed by atoms with van der Waals surface area (Å²) in [7, 11) is 2.15. The van der Waals surface area contributed by atoms with Crippen molar-refractivity contribution in [3.05, 3.63) is 29.0 Å². The van der Waals surface area contributed by atoms with Crippen LogP contribution in [0.2, 0.25) is 0 Å². The summed E-state index contributed by atoms with van der Waals surface area (Å²) in [6.07, 6.45) is 6.28.